The zero-order valence-electron chi connectivity index (χ0n) is 21.3. The molecule has 0 fully saturated rings. The summed E-state index contributed by atoms with van der Waals surface area (Å²) in [6, 6.07) is 8.90. The first-order chi connectivity index (χ1) is 16.8. The number of hydrogen-bond donors (Lipinski definition) is 1. The second-order valence-corrected chi connectivity index (χ2v) is 11.4. The number of halogens is 2. The van der Waals surface area contributed by atoms with Gasteiger partial charge in [0.15, 0.2) is 0 Å². The molecule has 198 valence electrons. The summed E-state index contributed by atoms with van der Waals surface area (Å²) in [7, 11) is -2.47. The zero-order valence-corrected chi connectivity index (χ0v) is 23.7. The van der Waals surface area contributed by atoms with E-state index in [0.29, 0.717) is 27.8 Å². The molecule has 2 atom stereocenters. The summed E-state index contributed by atoms with van der Waals surface area (Å²) < 4.78 is 31.9. The summed E-state index contributed by atoms with van der Waals surface area (Å²) >= 11 is 12.4. The fourth-order valence-corrected chi connectivity index (χ4v) is 4.78. The molecule has 8 nitrogen and oxygen atoms in total. The number of rotatable bonds is 11. The van der Waals surface area contributed by atoms with Crippen molar-refractivity contribution in [3.8, 4) is 5.75 Å². The molecule has 0 aromatic heterocycles. The molecule has 36 heavy (non-hydrogen) atoms. The van der Waals surface area contributed by atoms with Gasteiger partial charge in [0, 0.05) is 22.6 Å². The predicted molar refractivity (Wildman–Crippen MR) is 144 cm³/mol. The van der Waals surface area contributed by atoms with Gasteiger partial charge in [0.1, 0.15) is 18.3 Å². The Morgan fingerprint density at radius 2 is 1.78 bits per heavy atom. The van der Waals surface area contributed by atoms with E-state index in [0.717, 1.165) is 16.1 Å². The monoisotopic (exact) mass is 557 g/mol. The number of sulfonamides is 1. The van der Waals surface area contributed by atoms with Gasteiger partial charge in [-0.1, -0.05) is 42.3 Å². The molecule has 2 amide bonds. The van der Waals surface area contributed by atoms with Gasteiger partial charge in [0.25, 0.3) is 0 Å². The van der Waals surface area contributed by atoms with Crippen LogP contribution in [0.1, 0.15) is 38.3 Å². The van der Waals surface area contributed by atoms with E-state index < -0.39 is 28.5 Å². The normalized spacial score (nSPS) is 13.0. The molecule has 0 radical (unpaired) electrons. The number of carbonyl (C=O) groups is 2. The molecule has 0 aliphatic rings. The number of carbonyl (C=O) groups excluding carboxylic acids is 2. The number of amides is 2. The number of methoxy groups -OCH3 is 1. The molecular weight excluding hydrogens is 525 g/mol. The molecule has 0 aliphatic heterocycles. The van der Waals surface area contributed by atoms with Crippen molar-refractivity contribution in [2.45, 2.75) is 52.7 Å². The van der Waals surface area contributed by atoms with Crippen molar-refractivity contribution in [3.63, 3.8) is 0 Å². The van der Waals surface area contributed by atoms with E-state index in [9.17, 15) is 18.0 Å². The fraction of sp³-hybridized carbons (Fsp3) is 0.440. The van der Waals surface area contributed by atoms with Crippen LogP contribution in [-0.2, 0) is 26.2 Å². The highest BCUT2D eigenvalue weighted by atomic mass is 35.5. The lowest BCUT2D eigenvalue weighted by molar-refractivity contribution is -0.139. The van der Waals surface area contributed by atoms with Crippen LogP contribution < -0.4 is 14.4 Å². The number of hydrogen-bond acceptors (Lipinski definition) is 5. The summed E-state index contributed by atoms with van der Waals surface area (Å²) in [4.78, 5) is 28.0. The summed E-state index contributed by atoms with van der Waals surface area (Å²) in [5.74, 6) is -0.641. The first-order valence-electron chi connectivity index (χ1n) is 11.4. The minimum atomic E-state index is -3.89. The molecule has 2 aromatic carbocycles. The van der Waals surface area contributed by atoms with E-state index in [1.807, 2.05) is 13.8 Å². The van der Waals surface area contributed by atoms with Crippen molar-refractivity contribution in [3.05, 3.63) is 57.6 Å². The Bertz CT molecular complexity index is 1210. The van der Waals surface area contributed by atoms with Crippen LogP contribution >= 0.6 is 23.2 Å². The van der Waals surface area contributed by atoms with E-state index in [4.69, 9.17) is 27.9 Å². The molecule has 0 saturated carbocycles. The summed E-state index contributed by atoms with van der Waals surface area (Å²) in [6.07, 6.45) is 1.73. The van der Waals surface area contributed by atoms with Gasteiger partial charge in [0.05, 0.1) is 19.1 Å². The number of nitrogens with one attached hydrogen (secondary N) is 1. The van der Waals surface area contributed by atoms with Crippen LogP contribution in [-0.4, -0.2) is 57.1 Å². The van der Waals surface area contributed by atoms with Gasteiger partial charge in [-0.2, -0.15) is 0 Å². The number of aryl methyl sites for hydroxylation is 1. The largest absolute Gasteiger partial charge is 0.495 e. The summed E-state index contributed by atoms with van der Waals surface area (Å²) in [5, 5.41) is 3.63. The van der Waals surface area contributed by atoms with Crippen molar-refractivity contribution < 1.29 is 22.7 Å². The van der Waals surface area contributed by atoms with Gasteiger partial charge < -0.3 is 15.0 Å². The number of benzene rings is 2. The van der Waals surface area contributed by atoms with Gasteiger partial charge in [-0.25, -0.2) is 8.42 Å². The van der Waals surface area contributed by atoms with E-state index in [-0.39, 0.29) is 24.2 Å². The average molecular weight is 559 g/mol. The lowest BCUT2D eigenvalue weighted by Crippen LogP contribution is -2.52. The summed E-state index contributed by atoms with van der Waals surface area (Å²) in [6.45, 7) is 6.64. The molecule has 11 heteroatoms. The number of nitrogens with zero attached hydrogens (tertiary/aromatic N) is 2. The van der Waals surface area contributed by atoms with Gasteiger partial charge in [0.2, 0.25) is 21.8 Å². The maximum absolute atomic E-state index is 13.7. The van der Waals surface area contributed by atoms with Crippen LogP contribution in [0.4, 0.5) is 5.69 Å². The molecular formula is C25H33Cl2N3O5S. The SMILES string of the molecule is CC[C@@H](C)NC(=O)[C@@H](C)N(Cc1ccc(Cl)cc1Cl)C(=O)CN(c1cc(C)ccc1OC)S(C)(=O)=O. The Hall–Kier alpha value is -2.49. The molecule has 0 spiro atoms. The maximum Gasteiger partial charge on any atom is 0.244 e. The quantitative estimate of drug-likeness (QED) is 0.441. The third-order valence-corrected chi connectivity index (χ3v) is 7.52. The minimum Gasteiger partial charge on any atom is -0.495 e. The first-order valence-corrected chi connectivity index (χ1v) is 14.0. The third-order valence-electron chi connectivity index (χ3n) is 5.81. The molecule has 0 bridgehead atoms. The van der Waals surface area contributed by atoms with E-state index in [1.165, 1.54) is 12.0 Å². The van der Waals surface area contributed by atoms with Crippen LogP contribution in [0.5, 0.6) is 5.75 Å². The van der Waals surface area contributed by atoms with Gasteiger partial charge in [-0.3, -0.25) is 13.9 Å². The topological polar surface area (TPSA) is 96.0 Å². The van der Waals surface area contributed by atoms with E-state index in [1.54, 1.807) is 50.2 Å². The van der Waals surface area contributed by atoms with E-state index in [2.05, 4.69) is 5.32 Å². The first kappa shape index (κ1) is 29.7. The Kier molecular flexibility index (Phi) is 10.5. The van der Waals surface area contributed by atoms with Crippen molar-refractivity contribution in [2.24, 2.45) is 0 Å². The lowest BCUT2D eigenvalue weighted by Gasteiger charge is -2.32. The molecule has 2 aromatic rings. The van der Waals surface area contributed by atoms with Crippen LogP contribution in [0.15, 0.2) is 36.4 Å². The number of anilines is 1. The van der Waals surface area contributed by atoms with Gasteiger partial charge in [-0.15, -0.1) is 0 Å². The Labute approximate surface area is 223 Å². The second kappa shape index (κ2) is 12.7. The highest BCUT2D eigenvalue weighted by Crippen LogP contribution is 2.31. The minimum absolute atomic E-state index is 0.0213. The fourth-order valence-electron chi connectivity index (χ4n) is 3.47. The van der Waals surface area contributed by atoms with Crippen LogP contribution in [0, 0.1) is 6.92 Å². The Balaban J connectivity index is 2.49. The van der Waals surface area contributed by atoms with Crippen molar-refractivity contribution in [2.75, 3.05) is 24.2 Å². The molecule has 0 heterocycles. The third kappa shape index (κ3) is 7.75. The van der Waals surface area contributed by atoms with Crippen molar-refractivity contribution in [1.82, 2.24) is 10.2 Å². The van der Waals surface area contributed by atoms with Crippen LogP contribution in [0.3, 0.4) is 0 Å². The molecule has 2 rings (SSSR count). The highest BCUT2D eigenvalue weighted by molar-refractivity contribution is 7.92. The lowest BCUT2D eigenvalue weighted by atomic mass is 10.1. The highest BCUT2D eigenvalue weighted by Gasteiger charge is 2.31. The number of ether oxygens (including phenoxy) is 1. The molecule has 0 unspecified atom stereocenters. The van der Waals surface area contributed by atoms with Crippen LogP contribution in [0.25, 0.3) is 0 Å². The predicted octanol–water partition coefficient (Wildman–Crippen LogP) is 4.41. The average Bonchev–Trinajstić information content (AvgIpc) is 2.80. The Morgan fingerprint density at radius 3 is 2.33 bits per heavy atom. The second-order valence-electron chi connectivity index (χ2n) is 8.70. The van der Waals surface area contributed by atoms with Crippen molar-refractivity contribution >= 4 is 50.7 Å². The smallest absolute Gasteiger partial charge is 0.244 e. The molecule has 0 saturated heterocycles. The van der Waals surface area contributed by atoms with Crippen LogP contribution in [0.2, 0.25) is 10.0 Å². The van der Waals surface area contributed by atoms with Crippen molar-refractivity contribution in [1.29, 1.82) is 0 Å². The standard InChI is InChI=1S/C25H33Cl2N3O5S/c1-7-17(3)28-25(32)18(4)29(14-19-9-10-20(26)13-21(19)27)24(31)15-30(36(6,33)34)22-12-16(2)8-11-23(22)35-5/h8-13,17-18H,7,14-15H2,1-6H3,(H,28,32)/t17-,18-/m1/s1. The maximum atomic E-state index is 13.7. The van der Waals surface area contributed by atoms with E-state index >= 15 is 0 Å². The Morgan fingerprint density at radius 1 is 1.11 bits per heavy atom. The summed E-state index contributed by atoms with van der Waals surface area (Å²) in [5.41, 5.74) is 1.59. The van der Waals surface area contributed by atoms with Gasteiger partial charge in [-0.05, 0) is 62.6 Å². The zero-order chi connectivity index (χ0) is 27.2. The molecule has 1 N–H and O–H groups in total. The van der Waals surface area contributed by atoms with Gasteiger partial charge >= 0.3 is 0 Å². The molecule has 0 aliphatic carbocycles.